The molecule has 1 aliphatic rings. The van der Waals surface area contributed by atoms with Gasteiger partial charge in [-0.15, -0.1) is 0 Å². The van der Waals surface area contributed by atoms with Crippen molar-refractivity contribution in [3.05, 3.63) is 74.9 Å². The van der Waals surface area contributed by atoms with Crippen LogP contribution in [-0.2, 0) is 9.53 Å². The summed E-state index contributed by atoms with van der Waals surface area (Å²) in [6.07, 6.45) is 1.77. The first kappa shape index (κ1) is 14.7. The molecule has 0 fully saturated rings. The van der Waals surface area contributed by atoms with Gasteiger partial charge in [0.05, 0.1) is 5.56 Å². The third-order valence-corrected chi connectivity index (χ3v) is 4.14. The van der Waals surface area contributed by atoms with Crippen LogP contribution in [0.4, 0.5) is 0 Å². The highest BCUT2D eigenvalue weighted by atomic mass is 79.9. The van der Waals surface area contributed by atoms with Crippen molar-refractivity contribution in [2.75, 3.05) is 0 Å². The molecule has 3 rings (SSSR count). The van der Waals surface area contributed by atoms with Gasteiger partial charge in [0.15, 0.2) is 5.70 Å². The molecule has 0 saturated carbocycles. The molecule has 0 unspecified atom stereocenters. The molecular formula is C18H14BrNO2. The summed E-state index contributed by atoms with van der Waals surface area (Å²) in [7, 11) is 0. The van der Waals surface area contributed by atoms with Crippen LogP contribution >= 0.6 is 15.9 Å². The predicted octanol–water partition coefficient (Wildman–Crippen LogP) is 4.41. The van der Waals surface area contributed by atoms with E-state index in [0.717, 1.165) is 26.7 Å². The molecule has 2 aromatic rings. The van der Waals surface area contributed by atoms with E-state index in [1.54, 1.807) is 6.08 Å². The van der Waals surface area contributed by atoms with E-state index in [4.69, 9.17) is 4.74 Å². The van der Waals surface area contributed by atoms with E-state index in [2.05, 4.69) is 20.9 Å². The van der Waals surface area contributed by atoms with E-state index in [1.165, 1.54) is 0 Å². The molecule has 110 valence electrons. The number of esters is 1. The highest BCUT2D eigenvalue weighted by Crippen LogP contribution is 2.24. The zero-order valence-electron chi connectivity index (χ0n) is 12.3. The maximum absolute atomic E-state index is 12.0. The summed E-state index contributed by atoms with van der Waals surface area (Å²) < 4.78 is 6.14. The zero-order chi connectivity index (χ0) is 15.7. The number of halogens is 1. The van der Waals surface area contributed by atoms with E-state index >= 15 is 0 Å². The molecule has 0 amide bonds. The smallest absolute Gasteiger partial charge is 0.363 e. The first-order valence-corrected chi connectivity index (χ1v) is 7.68. The molecule has 22 heavy (non-hydrogen) atoms. The molecule has 3 nitrogen and oxygen atoms in total. The predicted molar refractivity (Wildman–Crippen MR) is 90.7 cm³/mol. The van der Waals surface area contributed by atoms with Gasteiger partial charge < -0.3 is 4.74 Å². The fourth-order valence-corrected chi connectivity index (χ4v) is 2.68. The highest BCUT2D eigenvalue weighted by Gasteiger charge is 2.25. The van der Waals surface area contributed by atoms with Crippen molar-refractivity contribution < 1.29 is 9.53 Å². The molecule has 0 atom stereocenters. The summed E-state index contributed by atoms with van der Waals surface area (Å²) in [6, 6.07) is 13.6. The molecule has 0 saturated heterocycles. The SMILES string of the molecule is Cc1ccc(C)c(/C=C2/N=C(c3ccccc3Br)OC2=O)c1. The lowest BCUT2D eigenvalue weighted by Gasteiger charge is -2.01. The molecule has 0 N–H and O–H groups in total. The number of benzene rings is 2. The van der Waals surface area contributed by atoms with Crippen molar-refractivity contribution in [1.29, 1.82) is 0 Å². The molecule has 2 aromatic carbocycles. The summed E-state index contributed by atoms with van der Waals surface area (Å²) in [6.45, 7) is 4.02. The fraction of sp³-hybridized carbons (Fsp3) is 0.111. The summed E-state index contributed by atoms with van der Waals surface area (Å²) in [5.74, 6) is -0.0966. The van der Waals surface area contributed by atoms with Gasteiger partial charge in [-0.2, -0.15) is 0 Å². The van der Waals surface area contributed by atoms with Crippen LogP contribution in [0.25, 0.3) is 6.08 Å². The van der Waals surface area contributed by atoms with Crippen molar-refractivity contribution in [3.63, 3.8) is 0 Å². The van der Waals surface area contributed by atoms with Gasteiger partial charge in [0.2, 0.25) is 5.90 Å². The Balaban J connectivity index is 2.02. The summed E-state index contributed by atoms with van der Waals surface area (Å²) in [5.41, 5.74) is 4.29. The Hall–Kier alpha value is -2.20. The van der Waals surface area contributed by atoms with Gasteiger partial charge in [-0.25, -0.2) is 9.79 Å². The number of carbonyl (C=O) groups is 1. The standard InChI is InChI=1S/C18H14BrNO2/c1-11-7-8-12(2)13(9-11)10-16-18(21)22-17(20-16)14-5-3-4-6-15(14)19/h3-10H,1-2H3/b16-10+. The average Bonchev–Trinajstić information content (AvgIpc) is 2.84. The van der Waals surface area contributed by atoms with Gasteiger partial charge in [-0.1, -0.05) is 35.9 Å². The Morgan fingerprint density at radius 1 is 1.14 bits per heavy atom. The Labute approximate surface area is 137 Å². The van der Waals surface area contributed by atoms with Crippen molar-refractivity contribution in [1.82, 2.24) is 0 Å². The van der Waals surface area contributed by atoms with Gasteiger partial charge in [-0.05, 0) is 59.1 Å². The lowest BCUT2D eigenvalue weighted by atomic mass is 10.0. The maximum atomic E-state index is 12.0. The minimum absolute atomic E-state index is 0.319. The largest absolute Gasteiger partial charge is 0.402 e. The second-order valence-corrected chi connectivity index (χ2v) is 6.03. The van der Waals surface area contributed by atoms with Gasteiger partial charge in [-0.3, -0.25) is 0 Å². The molecule has 0 aromatic heterocycles. The van der Waals surface area contributed by atoms with Crippen LogP contribution in [0, 0.1) is 13.8 Å². The van der Waals surface area contributed by atoms with Crippen molar-refractivity contribution in [2.45, 2.75) is 13.8 Å². The molecule has 1 heterocycles. The van der Waals surface area contributed by atoms with E-state index in [-0.39, 0.29) is 0 Å². The van der Waals surface area contributed by atoms with Gasteiger partial charge in [0.1, 0.15) is 0 Å². The minimum atomic E-state index is -0.424. The number of hydrogen-bond acceptors (Lipinski definition) is 3. The first-order valence-electron chi connectivity index (χ1n) is 6.89. The van der Waals surface area contributed by atoms with Crippen LogP contribution in [-0.4, -0.2) is 11.9 Å². The second kappa shape index (κ2) is 5.89. The molecular weight excluding hydrogens is 342 g/mol. The monoisotopic (exact) mass is 355 g/mol. The number of rotatable bonds is 2. The number of ether oxygens (including phenoxy) is 1. The normalized spacial score (nSPS) is 15.9. The number of hydrogen-bond donors (Lipinski definition) is 0. The van der Waals surface area contributed by atoms with Crippen molar-refractivity contribution >= 4 is 33.9 Å². The Kier molecular flexibility index (Phi) is 3.94. The van der Waals surface area contributed by atoms with Crippen LogP contribution in [0.3, 0.4) is 0 Å². The summed E-state index contributed by atoms with van der Waals surface area (Å²) >= 11 is 3.44. The number of nitrogens with zero attached hydrogens (tertiary/aromatic N) is 1. The Morgan fingerprint density at radius 3 is 2.68 bits per heavy atom. The third-order valence-electron chi connectivity index (χ3n) is 3.45. The lowest BCUT2D eigenvalue weighted by Crippen LogP contribution is -2.05. The maximum Gasteiger partial charge on any atom is 0.363 e. The summed E-state index contributed by atoms with van der Waals surface area (Å²) in [4.78, 5) is 16.4. The van der Waals surface area contributed by atoms with Gasteiger partial charge in [0, 0.05) is 4.47 Å². The number of cyclic esters (lactones) is 1. The third kappa shape index (κ3) is 2.88. The molecule has 0 radical (unpaired) electrons. The van der Waals surface area contributed by atoms with Crippen LogP contribution < -0.4 is 0 Å². The van der Waals surface area contributed by atoms with Crippen molar-refractivity contribution in [2.24, 2.45) is 4.99 Å². The van der Waals surface area contributed by atoms with Crippen molar-refractivity contribution in [3.8, 4) is 0 Å². The summed E-state index contributed by atoms with van der Waals surface area (Å²) in [5, 5.41) is 0. The molecule has 4 heteroatoms. The number of carbonyl (C=O) groups excluding carboxylic acids is 1. The van der Waals surface area contributed by atoms with E-state index in [1.807, 2.05) is 56.3 Å². The fourth-order valence-electron chi connectivity index (χ4n) is 2.22. The highest BCUT2D eigenvalue weighted by molar-refractivity contribution is 9.10. The number of aryl methyl sites for hydroxylation is 2. The van der Waals surface area contributed by atoms with Crippen LogP contribution in [0.5, 0.6) is 0 Å². The van der Waals surface area contributed by atoms with Gasteiger partial charge in [0.25, 0.3) is 0 Å². The molecule has 0 bridgehead atoms. The van der Waals surface area contributed by atoms with E-state index < -0.39 is 5.97 Å². The Morgan fingerprint density at radius 2 is 1.91 bits per heavy atom. The van der Waals surface area contributed by atoms with Crippen LogP contribution in [0.2, 0.25) is 0 Å². The van der Waals surface area contributed by atoms with E-state index in [9.17, 15) is 4.79 Å². The molecule has 0 spiro atoms. The second-order valence-electron chi connectivity index (χ2n) is 5.18. The number of aliphatic imine (C=N–C) groups is 1. The topological polar surface area (TPSA) is 38.7 Å². The quantitative estimate of drug-likeness (QED) is 0.591. The average molecular weight is 356 g/mol. The van der Waals surface area contributed by atoms with Crippen LogP contribution in [0.15, 0.2) is 57.6 Å². The minimum Gasteiger partial charge on any atom is -0.402 e. The van der Waals surface area contributed by atoms with E-state index in [0.29, 0.717) is 11.6 Å². The zero-order valence-corrected chi connectivity index (χ0v) is 13.8. The lowest BCUT2D eigenvalue weighted by molar-refractivity contribution is -0.129. The first-order chi connectivity index (χ1) is 10.5. The molecule has 0 aliphatic carbocycles. The molecule has 1 aliphatic heterocycles. The van der Waals surface area contributed by atoms with Crippen LogP contribution in [0.1, 0.15) is 22.3 Å². The van der Waals surface area contributed by atoms with Gasteiger partial charge >= 0.3 is 5.97 Å². The Bertz CT molecular complexity index is 822.